The molecule has 0 spiro atoms. The summed E-state index contributed by atoms with van der Waals surface area (Å²) >= 11 is 6.21. The lowest BCUT2D eigenvalue weighted by Crippen LogP contribution is -2.41. The Kier molecular flexibility index (Phi) is 7.81. The molecule has 0 aliphatic carbocycles. The van der Waals surface area contributed by atoms with Crippen LogP contribution in [0.15, 0.2) is 18.5 Å². The van der Waals surface area contributed by atoms with E-state index in [4.69, 9.17) is 16.3 Å². The van der Waals surface area contributed by atoms with Crippen LogP contribution in [-0.4, -0.2) is 63.9 Å². The molecule has 7 nitrogen and oxygen atoms in total. The fraction of sp³-hybridized carbons (Fsp3) is 0.476. The van der Waals surface area contributed by atoms with Crippen molar-refractivity contribution in [3.8, 4) is 16.9 Å². The minimum Gasteiger partial charge on any atom is -0.493 e. The number of ether oxygens (including phenoxy) is 1. The minimum absolute atomic E-state index is 0.0618. The van der Waals surface area contributed by atoms with Crippen LogP contribution in [-0.2, 0) is 0 Å². The third-order valence-corrected chi connectivity index (χ3v) is 5.25. The van der Waals surface area contributed by atoms with Gasteiger partial charge in [0, 0.05) is 18.7 Å². The molecule has 34 heavy (non-hydrogen) atoms. The van der Waals surface area contributed by atoms with Gasteiger partial charge in [0.15, 0.2) is 0 Å². The third kappa shape index (κ3) is 5.66. The van der Waals surface area contributed by atoms with Gasteiger partial charge < -0.3 is 15.0 Å². The molecular formula is C21H24ClF5N6O. The van der Waals surface area contributed by atoms with E-state index in [0.717, 1.165) is 23.0 Å². The Morgan fingerprint density at radius 1 is 1.15 bits per heavy atom. The monoisotopic (exact) mass is 506 g/mol. The topological polar surface area (TPSA) is 67.6 Å². The summed E-state index contributed by atoms with van der Waals surface area (Å²) in [6.07, 6.45) is -3.00. The Labute approximate surface area is 197 Å². The van der Waals surface area contributed by atoms with Gasteiger partial charge in [-0.25, -0.2) is 8.78 Å². The SMILES string of the molecule is CC(C)[C@@H](Nc1c(-c2c(F)cc(OCCCN(C)C)cc2F)c(Cl)nc2ncnn12)C(F)(F)F. The molecule has 0 aliphatic heterocycles. The highest BCUT2D eigenvalue weighted by Gasteiger charge is 2.43. The standard InChI is InChI=1S/C21H24ClF5N6O/c1-11(2)17(21(25,26)27)30-19-16(18(22)31-20-28-10-29-33(19)20)15-13(23)8-12(9-14(15)24)34-7-5-6-32(3)4/h8-11,17,30H,5-7H2,1-4H3/t17-/m1/s1. The first-order chi connectivity index (χ1) is 15.9. The summed E-state index contributed by atoms with van der Waals surface area (Å²) in [6.45, 7) is 3.65. The minimum atomic E-state index is -4.67. The first-order valence-electron chi connectivity index (χ1n) is 10.4. The van der Waals surface area contributed by atoms with E-state index in [9.17, 15) is 13.2 Å². The van der Waals surface area contributed by atoms with E-state index in [1.165, 1.54) is 13.8 Å². The van der Waals surface area contributed by atoms with Crippen LogP contribution in [0.3, 0.4) is 0 Å². The van der Waals surface area contributed by atoms with E-state index in [1.54, 1.807) is 0 Å². The van der Waals surface area contributed by atoms with Crippen molar-refractivity contribution < 1.29 is 26.7 Å². The Hall–Kier alpha value is -2.73. The van der Waals surface area contributed by atoms with E-state index in [2.05, 4.69) is 20.4 Å². The van der Waals surface area contributed by atoms with Gasteiger partial charge in [-0.15, -0.1) is 0 Å². The fourth-order valence-corrected chi connectivity index (χ4v) is 3.65. The van der Waals surface area contributed by atoms with Crippen LogP contribution < -0.4 is 10.1 Å². The molecule has 186 valence electrons. The zero-order valence-electron chi connectivity index (χ0n) is 18.9. The van der Waals surface area contributed by atoms with Crippen LogP contribution in [0, 0.1) is 17.6 Å². The quantitative estimate of drug-likeness (QED) is 0.249. The molecule has 2 heterocycles. The Bertz CT molecular complexity index is 1130. The van der Waals surface area contributed by atoms with Crippen molar-refractivity contribution in [2.75, 3.05) is 32.6 Å². The molecule has 1 atom stereocenters. The number of anilines is 1. The van der Waals surface area contributed by atoms with Gasteiger partial charge in [-0.3, -0.25) is 0 Å². The molecule has 0 unspecified atom stereocenters. The summed E-state index contributed by atoms with van der Waals surface area (Å²) in [5, 5.41) is 5.74. The van der Waals surface area contributed by atoms with E-state index in [1.807, 2.05) is 19.0 Å². The van der Waals surface area contributed by atoms with Gasteiger partial charge in [0.05, 0.1) is 17.7 Å². The Balaban J connectivity index is 2.09. The zero-order valence-corrected chi connectivity index (χ0v) is 19.7. The van der Waals surface area contributed by atoms with Crippen molar-refractivity contribution in [3.63, 3.8) is 0 Å². The van der Waals surface area contributed by atoms with E-state index < -0.39 is 46.1 Å². The van der Waals surface area contributed by atoms with Gasteiger partial charge in [-0.2, -0.15) is 32.8 Å². The summed E-state index contributed by atoms with van der Waals surface area (Å²) in [6, 6.07) is -0.171. The highest BCUT2D eigenvalue weighted by atomic mass is 35.5. The smallest absolute Gasteiger partial charge is 0.408 e. The lowest BCUT2D eigenvalue weighted by molar-refractivity contribution is -0.150. The molecule has 0 radical (unpaired) electrons. The maximum absolute atomic E-state index is 15.1. The molecule has 0 aliphatic rings. The highest BCUT2D eigenvalue weighted by molar-refractivity contribution is 6.33. The number of hydrogen-bond donors (Lipinski definition) is 1. The molecule has 1 N–H and O–H groups in total. The first-order valence-corrected chi connectivity index (χ1v) is 10.8. The van der Waals surface area contributed by atoms with Crippen LogP contribution in [0.25, 0.3) is 16.9 Å². The molecule has 0 saturated heterocycles. The number of hydrogen-bond acceptors (Lipinski definition) is 6. The number of nitrogens with one attached hydrogen (secondary N) is 1. The highest BCUT2D eigenvalue weighted by Crippen LogP contribution is 2.40. The third-order valence-electron chi connectivity index (χ3n) is 4.98. The van der Waals surface area contributed by atoms with E-state index >= 15 is 8.78 Å². The zero-order chi connectivity index (χ0) is 25.2. The normalized spacial score (nSPS) is 13.2. The number of fused-ring (bicyclic) bond motifs is 1. The van der Waals surface area contributed by atoms with Crippen molar-refractivity contribution in [1.82, 2.24) is 24.5 Å². The van der Waals surface area contributed by atoms with Gasteiger partial charge in [0.1, 0.15) is 40.7 Å². The van der Waals surface area contributed by atoms with Crippen molar-refractivity contribution in [3.05, 3.63) is 35.2 Å². The number of nitrogens with zero attached hydrogens (tertiary/aromatic N) is 5. The number of alkyl halides is 3. The molecule has 2 aromatic heterocycles. The summed E-state index contributed by atoms with van der Waals surface area (Å²) < 4.78 is 77.7. The van der Waals surface area contributed by atoms with E-state index in [-0.39, 0.29) is 24.0 Å². The molecule has 0 amide bonds. The first kappa shape index (κ1) is 25.9. The lowest BCUT2D eigenvalue weighted by Gasteiger charge is -2.27. The maximum atomic E-state index is 15.1. The molecule has 0 fully saturated rings. The average Bonchev–Trinajstić information content (AvgIpc) is 3.16. The van der Waals surface area contributed by atoms with E-state index in [0.29, 0.717) is 13.0 Å². The number of benzene rings is 1. The van der Waals surface area contributed by atoms with Crippen LogP contribution in [0.5, 0.6) is 5.75 Å². The molecular weight excluding hydrogens is 483 g/mol. The Morgan fingerprint density at radius 2 is 1.79 bits per heavy atom. The van der Waals surface area contributed by atoms with Gasteiger partial charge in [-0.05, 0) is 26.4 Å². The molecule has 0 bridgehead atoms. The lowest BCUT2D eigenvalue weighted by atomic mass is 10.0. The predicted molar refractivity (Wildman–Crippen MR) is 118 cm³/mol. The van der Waals surface area contributed by atoms with Crippen LogP contribution >= 0.6 is 11.6 Å². The fourth-order valence-electron chi connectivity index (χ4n) is 3.39. The second kappa shape index (κ2) is 10.3. The van der Waals surface area contributed by atoms with Crippen LogP contribution in [0.1, 0.15) is 20.3 Å². The Morgan fingerprint density at radius 3 is 2.35 bits per heavy atom. The number of aromatic nitrogens is 4. The second-order valence-corrected chi connectivity index (χ2v) is 8.63. The number of rotatable bonds is 9. The van der Waals surface area contributed by atoms with Crippen LogP contribution in [0.2, 0.25) is 5.15 Å². The van der Waals surface area contributed by atoms with Gasteiger partial charge in [-0.1, -0.05) is 25.4 Å². The van der Waals surface area contributed by atoms with Crippen molar-refractivity contribution in [2.45, 2.75) is 32.5 Å². The van der Waals surface area contributed by atoms with Crippen molar-refractivity contribution in [2.24, 2.45) is 5.92 Å². The summed E-state index contributed by atoms with van der Waals surface area (Å²) in [5.74, 6) is -3.67. The molecule has 1 aromatic carbocycles. The molecule has 3 aromatic rings. The van der Waals surface area contributed by atoms with Crippen molar-refractivity contribution in [1.29, 1.82) is 0 Å². The number of halogens is 6. The predicted octanol–water partition coefficient (Wildman–Crippen LogP) is 5.05. The average molecular weight is 507 g/mol. The largest absolute Gasteiger partial charge is 0.493 e. The molecule has 0 saturated carbocycles. The second-order valence-electron chi connectivity index (χ2n) is 8.27. The maximum Gasteiger partial charge on any atom is 0.408 e. The summed E-state index contributed by atoms with van der Waals surface area (Å²) in [5.41, 5.74) is -1.08. The van der Waals surface area contributed by atoms with Gasteiger partial charge >= 0.3 is 6.18 Å². The summed E-state index contributed by atoms with van der Waals surface area (Å²) in [4.78, 5) is 9.69. The van der Waals surface area contributed by atoms with Crippen LogP contribution in [0.4, 0.5) is 27.8 Å². The molecule has 3 rings (SSSR count). The van der Waals surface area contributed by atoms with Crippen molar-refractivity contribution >= 4 is 23.2 Å². The molecule has 13 heteroatoms. The summed E-state index contributed by atoms with van der Waals surface area (Å²) in [7, 11) is 3.76. The van der Waals surface area contributed by atoms with Gasteiger partial charge in [0.2, 0.25) is 0 Å². The van der Waals surface area contributed by atoms with Gasteiger partial charge in [0.25, 0.3) is 5.78 Å².